The van der Waals surface area contributed by atoms with Crippen molar-refractivity contribution in [2.24, 2.45) is 0 Å². The third-order valence-electron chi connectivity index (χ3n) is 4.15. The highest BCUT2D eigenvalue weighted by atomic mass is 16.5. The zero-order chi connectivity index (χ0) is 14.4. The number of hydrogen-bond acceptors (Lipinski definition) is 3. The Hall–Kier alpha value is -1.71. The van der Waals surface area contributed by atoms with Gasteiger partial charge in [-0.3, -0.25) is 0 Å². The van der Waals surface area contributed by atoms with Crippen LogP contribution in [0.1, 0.15) is 35.6 Å². The Kier molecular flexibility index (Phi) is 3.20. The summed E-state index contributed by atoms with van der Waals surface area (Å²) in [6.07, 6.45) is 1.17. The van der Waals surface area contributed by atoms with E-state index in [0.717, 1.165) is 28.0 Å². The van der Waals surface area contributed by atoms with E-state index >= 15 is 0 Å². The molecule has 1 aromatic rings. The highest BCUT2D eigenvalue weighted by Crippen LogP contribution is 2.43. The fraction of sp³-hybridized carbons (Fsp3) is 0.533. The van der Waals surface area contributed by atoms with Crippen LogP contribution < -0.4 is 9.47 Å². The Bertz CT molecular complexity index is 548. The molecule has 1 aliphatic heterocycles. The van der Waals surface area contributed by atoms with Crippen LogP contribution in [0.15, 0.2) is 0 Å². The third-order valence-corrected chi connectivity index (χ3v) is 4.15. The summed E-state index contributed by atoms with van der Waals surface area (Å²) in [5.74, 6) is 0.675. The predicted molar refractivity (Wildman–Crippen MR) is 72.2 cm³/mol. The fourth-order valence-electron chi connectivity index (χ4n) is 2.69. The van der Waals surface area contributed by atoms with Crippen molar-refractivity contribution in [1.29, 1.82) is 0 Å². The van der Waals surface area contributed by atoms with Crippen molar-refractivity contribution >= 4 is 5.97 Å². The standard InChI is InChI=1S/C15H20O4/c1-8-9(2)13-11(10(3)12(8)18-5)6-7-15(4,19-13)14(16)17/h6-7H2,1-5H3,(H,16,17)/t15-/m1/s1. The molecule has 0 fully saturated rings. The highest BCUT2D eigenvalue weighted by molar-refractivity contribution is 5.78. The lowest BCUT2D eigenvalue weighted by Gasteiger charge is -2.35. The SMILES string of the molecule is COc1c(C)c(C)c2c(c1C)CC[C@](C)(C(=O)O)O2. The predicted octanol–water partition coefficient (Wildman–Crippen LogP) is 2.79. The third kappa shape index (κ3) is 1.95. The molecule has 2 rings (SSSR count). The summed E-state index contributed by atoms with van der Waals surface area (Å²) in [5, 5.41) is 9.30. The molecule has 0 aliphatic carbocycles. The number of benzene rings is 1. The monoisotopic (exact) mass is 264 g/mol. The van der Waals surface area contributed by atoms with Crippen molar-refractivity contribution in [3.05, 3.63) is 22.3 Å². The van der Waals surface area contributed by atoms with Gasteiger partial charge in [0.05, 0.1) is 7.11 Å². The molecular formula is C15H20O4. The molecule has 1 aromatic carbocycles. The van der Waals surface area contributed by atoms with E-state index in [0.29, 0.717) is 18.6 Å². The van der Waals surface area contributed by atoms with Gasteiger partial charge in [0, 0.05) is 12.0 Å². The highest BCUT2D eigenvalue weighted by Gasteiger charge is 2.40. The summed E-state index contributed by atoms with van der Waals surface area (Å²) in [4.78, 5) is 11.3. The number of fused-ring (bicyclic) bond motifs is 1. The molecule has 0 amide bonds. The van der Waals surface area contributed by atoms with Crippen LogP contribution >= 0.6 is 0 Å². The van der Waals surface area contributed by atoms with Crippen LogP contribution in [0.2, 0.25) is 0 Å². The van der Waals surface area contributed by atoms with Gasteiger partial charge in [-0.05, 0) is 50.8 Å². The van der Waals surface area contributed by atoms with Gasteiger partial charge in [0.15, 0.2) is 0 Å². The quantitative estimate of drug-likeness (QED) is 0.892. The molecule has 0 saturated heterocycles. The molecule has 0 radical (unpaired) electrons. The topological polar surface area (TPSA) is 55.8 Å². The average Bonchev–Trinajstić information content (AvgIpc) is 2.36. The van der Waals surface area contributed by atoms with Crippen molar-refractivity contribution in [2.45, 2.75) is 46.1 Å². The van der Waals surface area contributed by atoms with Crippen LogP contribution in [0.4, 0.5) is 0 Å². The zero-order valence-corrected chi connectivity index (χ0v) is 12.1. The largest absolute Gasteiger partial charge is 0.496 e. The maximum absolute atomic E-state index is 11.3. The minimum Gasteiger partial charge on any atom is -0.496 e. The molecule has 0 spiro atoms. The smallest absolute Gasteiger partial charge is 0.347 e. The second-order valence-corrected chi connectivity index (χ2v) is 5.35. The molecule has 0 aromatic heterocycles. The molecule has 19 heavy (non-hydrogen) atoms. The second kappa shape index (κ2) is 4.44. The fourth-order valence-corrected chi connectivity index (χ4v) is 2.69. The molecule has 1 aliphatic rings. The van der Waals surface area contributed by atoms with E-state index in [1.54, 1.807) is 14.0 Å². The van der Waals surface area contributed by atoms with Gasteiger partial charge in [0.2, 0.25) is 5.60 Å². The number of rotatable bonds is 2. The van der Waals surface area contributed by atoms with Gasteiger partial charge in [-0.2, -0.15) is 0 Å². The van der Waals surface area contributed by atoms with Gasteiger partial charge in [-0.1, -0.05) is 0 Å². The van der Waals surface area contributed by atoms with Crippen molar-refractivity contribution in [3.63, 3.8) is 0 Å². The summed E-state index contributed by atoms with van der Waals surface area (Å²) in [6, 6.07) is 0. The Morgan fingerprint density at radius 2 is 1.89 bits per heavy atom. The van der Waals surface area contributed by atoms with Gasteiger partial charge in [0.25, 0.3) is 0 Å². The number of methoxy groups -OCH3 is 1. The first kappa shape index (κ1) is 13.7. The average molecular weight is 264 g/mol. The minimum absolute atomic E-state index is 0.474. The van der Waals surface area contributed by atoms with E-state index in [2.05, 4.69) is 0 Å². The van der Waals surface area contributed by atoms with Crippen molar-refractivity contribution in [1.82, 2.24) is 0 Å². The summed E-state index contributed by atoms with van der Waals surface area (Å²) >= 11 is 0. The summed E-state index contributed by atoms with van der Waals surface area (Å²) in [7, 11) is 1.66. The first-order valence-corrected chi connectivity index (χ1v) is 6.41. The number of carbonyl (C=O) groups is 1. The van der Waals surface area contributed by atoms with E-state index < -0.39 is 11.6 Å². The molecule has 4 heteroatoms. The van der Waals surface area contributed by atoms with E-state index in [1.807, 2.05) is 20.8 Å². The van der Waals surface area contributed by atoms with E-state index in [1.165, 1.54) is 0 Å². The van der Waals surface area contributed by atoms with E-state index in [-0.39, 0.29) is 0 Å². The van der Waals surface area contributed by atoms with Gasteiger partial charge in [0.1, 0.15) is 11.5 Å². The molecule has 0 bridgehead atoms. The van der Waals surface area contributed by atoms with Crippen molar-refractivity contribution in [3.8, 4) is 11.5 Å². The van der Waals surface area contributed by atoms with Crippen LogP contribution in [0.25, 0.3) is 0 Å². The van der Waals surface area contributed by atoms with Crippen LogP contribution in [-0.2, 0) is 11.2 Å². The van der Waals surface area contributed by atoms with Crippen molar-refractivity contribution in [2.75, 3.05) is 7.11 Å². The molecule has 4 nitrogen and oxygen atoms in total. The lowest BCUT2D eigenvalue weighted by Crippen LogP contribution is -2.44. The van der Waals surface area contributed by atoms with Gasteiger partial charge >= 0.3 is 5.97 Å². The number of carboxylic acid groups (broad SMARTS) is 1. The number of hydrogen-bond donors (Lipinski definition) is 1. The summed E-state index contributed by atoms with van der Waals surface area (Å²) < 4.78 is 11.3. The normalized spacial score (nSPS) is 21.5. The Balaban J connectivity index is 2.61. The maximum atomic E-state index is 11.3. The van der Waals surface area contributed by atoms with Gasteiger partial charge in [-0.25, -0.2) is 4.79 Å². The molecule has 1 N–H and O–H groups in total. The van der Waals surface area contributed by atoms with E-state index in [4.69, 9.17) is 9.47 Å². The Labute approximate surface area is 113 Å². The van der Waals surface area contributed by atoms with Crippen LogP contribution in [0, 0.1) is 20.8 Å². The van der Waals surface area contributed by atoms with Gasteiger partial charge in [-0.15, -0.1) is 0 Å². The molecule has 104 valence electrons. The Morgan fingerprint density at radius 1 is 1.26 bits per heavy atom. The molecule has 0 saturated carbocycles. The maximum Gasteiger partial charge on any atom is 0.347 e. The first-order chi connectivity index (χ1) is 8.81. The molecule has 1 atom stereocenters. The zero-order valence-electron chi connectivity index (χ0n) is 12.1. The summed E-state index contributed by atoms with van der Waals surface area (Å²) in [5.41, 5.74) is 2.95. The second-order valence-electron chi connectivity index (χ2n) is 5.35. The Morgan fingerprint density at radius 3 is 2.42 bits per heavy atom. The van der Waals surface area contributed by atoms with Crippen molar-refractivity contribution < 1.29 is 19.4 Å². The molecule has 1 heterocycles. The first-order valence-electron chi connectivity index (χ1n) is 6.41. The lowest BCUT2D eigenvalue weighted by molar-refractivity contribution is -0.155. The number of aliphatic carboxylic acids is 1. The molecular weight excluding hydrogens is 244 g/mol. The molecule has 0 unspecified atom stereocenters. The minimum atomic E-state index is -1.13. The lowest BCUT2D eigenvalue weighted by atomic mass is 9.87. The number of carboxylic acids is 1. The van der Waals surface area contributed by atoms with Crippen LogP contribution in [0.3, 0.4) is 0 Å². The number of ether oxygens (including phenoxy) is 2. The van der Waals surface area contributed by atoms with Crippen LogP contribution in [0.5, 0.6) is 11.5 Å². The van der Waals surface area contributed by atoms with Crippen LogP contribution in [-0.4, -0.2) is 23.8 Å². The van der Waals surface area contributed by atoms with Gasteiger partial charge < -0.3 is 14.6 Å². The summed E-state index contributed by atoms with van der Waals surface area (Å²) in [6.45, 7) is 7.55. The van der Waals surface area contributed by atoms with E-state index in [9.17, 15) is 9.90 Å².